The number of nitrogens with zero attached hydrogens (tertiary/aromatic N) is 4. The van der Waals surface area contributed by atoms with E-state index in [9.17, 15) is 4.39 Å². The number of hydrogen-bond donors (Lipinski definition) is 0. The maximum absolute atomic E-state index is 13.1. The molecule has 0 saturated carbocycles. The molecule has 1 aliphatic heterocycles. The Kier molecular flexibility index (Phi) is 4.07. The van der Waals surface area contributed by atoms with E-state index in [0.29, 0.717) is 6.04 Å². The third kappa shape index (κ3) is 2.84. The van der Waals surface area contributed by atoms with Crippen molar-refractivity contribution in [1.29, 1.82) is 0 Å². The van der Waals surface area contributed by atoms with Crippen LogP contribution in [0.2, 0.25) is 0 Å². The van der Waals surface area contributed by atoms with E-state index in [-0.39, 0.29) is 5.82 Å². The van der Waals surface area contributed by atoms with E-state index >= 15 is 0 Å². The molecule has 2 aromatic heterocycles. The molecule has 0 spiro atoms. The fourth-order valence-corrected chi connectivity index (χ4v) is 4.63. The fourth-order valence-electron chi connectivity index (χ4n) is 3.72. The molecule has 25 heavy (non-hydrogen) atoms. The molecule has 0 bridgehead atoms. The normalized spacial score (nSPS) is 17.4. The van der Waals surface area contributed by atoms with Crippen molar-refractivity contribution in [2.24, 2.45) is 7.05 Å². The number of anilines is 1. The number of aromatic nitrogens is 3. The lowest BCUT2D eigenvalue weighted by Gasteiger charge is -2.24. The van der Waals surface area contributed by atoms with Gasteiger partial charge in [0.25, 0.3) is 0 Å². The average molecular weight is 356 g/mol. The highest BCUT2D eigenvalue weighted by Crippen LogP contribution is 2.40. The van der Waals surface area contributed by atoms with Crippen molar-refractivity contribution in [1.82, 2.24) is 14.8 Å². The molecule has 1 saturated heterocycles. The van der Waals surface area contributed by atoms with Crippen LogP contribution in [0.25, 0.3) is 11.3 Å². The van der Waals surface area contributed by atoms with Crippen LogP contribution in [0.15, 0.2) is 29.6 Å². The Morgan fingerprint density at radius 3 is 2.64 bits per heavy atom. The third-order valence-electron chi connectivity index (χ3n) is 5.03. The molecule has 4 nitrogen and oxygen atoms in total. The summed E-state index contributed by atoms with van der Waals surface area (Å²) in [6.07, 6.45) is 2.28. The van der Waals surface area contributed by atoms with Crippen molar-refractivity contribution in [3.8, 4) is 11.3 Å². The number of benzene rings is 1. The molecule has 0 amide bonds. The SMILES string of the molecule is Cc1nn(C)c(C)c1C1CCCN1c1nc(-c2ccc(F)cc2)cs1. The minimum absolute atomic E-state index is 0.221. The maximum Gasteiger partial charge on any atom is 0.186 e. The Balaban J connectivity index is 1.66. The lowest BCUT2D eigenvalue weighted by Crippen LogP contribution is -2.23. The van der Waals surface area contributed by atoms with Crippen LogP contribution in [0.3, 0.4) is 0 Å². The van der Waals surface area contributed by atoms with Crippen LogP contribution in [0.4, 0.5) is 9.52 Å². The quantitative estimate of drug-likeness (QED) is 0.685. The molecule has 1 unspecified atom stereocenters. The van der Waals surface area contributed by atoms with Gasteiger partial charge in [-0.2, -0.15) is 5.10 Å². The van der Waals surface area contributed by atoms with Gasteiger partial charge >= 0.3 is 0 Å². The second-order valence-electron chi connectivity index (χ2n) is 6.58. The van der Waals surface area contributed by atoms with Crippen molar-refractivity contribution in [2.75, 3.05) is 11.4 Å². The number of halogens is 1. The third-order valence-corrected chi connectivity index (χ3v) is 5.91. The highest BCUT2D eigenvalue weighted by atomic mass is 32.1. The summed E-state index contributed by atoms with van der Waals surface area (Å²) in [6, 6.07) is 6.86. The molecule has 1 fully saturated rings. The van der Waals surface area contributed by atoms with Gasteiger partial charge in [0.2, 0.25) is 0 Å². The summed E-state index contributed by atoms with van der Waals surface area (Å²) in [5.74, 6) is -0.221. The van der Waals surface area contributed by atoms with Crippen molar-refractivity contribution in [3.05, 3.63) is 52.4 Å². The Morgan fingerprint density at radius 2 is 1.96 bits per heavy atom. The van der Waals surface area contributed by atoms with Crippen LogP contribution in [0, 0.1) is 19.7 Å². The van der Waals surface area contributed by atoms with Gasteiger partial charge in [-0.25, -0.2) is 9.37 Å². The minimum atomic E-state index is -0.221. The van der Waals surface area contributed by atoms with E-state index < -0.39 is 0 Å². The second kappa shape index (κ2) is 6.26. The molecule has 130 valence electrons. The predicted molar refractivity (Wildman–Crippen MR) is 99.5 cm³/mol. The zero-order chi connectivity index (χ0) is 17.6. The van der Waals surface area contributed by atoms with Gasteiger partial charge < -0.3 is 4.90 Å². The number of rotatable bonds is 3. The Bertz CT molecular complexity index is 897. The van der Waals surface area contributed by atoms with E-state index in [1.807, 2.05) is 11.7 Å². The molecule has 3 aromatic rings. The average Bonchev–Trinajstić information content (AvgIpc) is 3.28. The Hall–Kier alpha value is -2.21. The van der Waals surface area contributed by atoms with Crippen LogP contribution < -0.4 is 4.90 Å². The van der Waals surface area contributed by atoms with Gasteiger partial charge in [-0.3, -0.25) is 4.68 Å². The first-order valence-corrected chi connectivity index (χ1v) is 9.41. The van der Waals surface area contributed by atoms with Gasteiger partial charge in [0.05, 0.1) is 17.4 Å². The first-order chi connectivity index (χ1) is 12.0. The molecule has 0 N–H and O–H groups in total. The molecular weight excluding hydrogens is 335 g/mol. The van der Waals surface area contributed by atoms with E-state index in [2.05, 4.69) is 29.2 Å². The van der Waals surface area contributed by atoms with E-state index in [1.165, 1.54) is 23.4 Å². The largest absolute Gasteiger partial charge is 0.341 e. The predicted octanol–water partition coefficient (Wildman–Crippen LogP) is 4.64. The molecular formula is C19H21FN4S. The maximum atomic E-state index is 13.1. The summed E-state index contributed by atoms with van der Waals surface area (Å²) in [5.41, 5.74) is 5.52. The summed E-state index contributed by atoms with van der Waals surface area (Å²) in [4.78, 5) is 7.23. The molecule has 0 radical (unpaired) electrons. The molecule has 0 aliphatic carbocycles. The van der Waals surface area contributed by atoms with Gasteiger partial charge in [-0.05, 0) is 51.0 Å². The molecule has 1 aliphatic rings. The highest BCUT2D eigenvalue weighted by Gasteiger charge is 2.32. The molecule has 1 aromatic carbocycles. The standard InChI is InChI=1S/C19H21FN4S/c1-12-18(13(2)23(3)22-12)17-5-4-10-24(17)19-21-16(11-25-19)14-6-8-15(20)9-7-14/h6-9,11,17H,4-5,10H2,1-3H3. The highest BCUT2D eigenvalue weighted by molar-refractivity contribution is 7.14. The van der Waals surface area contributed by atoms with Crippen LogP contribution >= 0.6 is 11.3 Å². The zero-order valence-corrected chi connectivity index (χ0v) is 15.5. The smallest absolute Gasteiger partial charge is 0.186 e. The molecule has 6 heteroatoms. The summed E-state index contributed by atoms with van der Waals surface area (Å²) >= 11 is 1.66. The van der Waals surface area contributed by atoms with Crippen molar-refractivity contribution in [3.63, 3.8) is 0 Å². The zero-order valence-electron chi connectivity index (χ0n) is 14.7. The van der Waals surface area contributed by atoms with E-state index in [0.717, 1.165) is 41.5 Å². The fraction of sp³-hybridized carbons (Fsp3) is 0.368. The topological polar surface area (TPSA) is 34.0 Å². The summed E-state index contributed by atoms with van der Waals surface area (Å²) in [5, 5.41) is 7.67. The molecule has 3 heterocycles. The lowest BCUT2D eigenvalue weighted by molar-refractivity contribution is 0.628. The van der Waals surface area contributed by atoms with Crippen LogP contribution in [0.1, 0.15) is 35.8 Å². The van der Waals surface area contributed by atoms with Gasteiger partial charge in [0.1, 0.15) is 5.82 Å². The summed E-state index contributed by atoms with van der Waals surface area (Å²) in [7, 11) is 2.00. The first-order valence-electron chi connectivity index (χ1n) is 8.53. The van der Waals surface area contributed by atoms with E-state index in [1.54, 1.807) is 23.5 Å². The van der Waals surface area contributed by atoms with E-state index in [4.69, 9.17) is 4.98 Å². The number of aryl methyl sites for hydroxylation is 2. The molecule has 4 rings (SSSR count). The van der Waals surface area contributed by atoms with Crippen LogP contribution in [-0.4, -0.2) is 21.3 Å². The van der Waals surface area contributed by atoms with Crippen LogP contribution in [-0.2, 0) is 7.05 Å². The second-order valence-corrected chi connectivity index (χ2v) is 7.42. The first kappa shape index (κ1) is 16.3. The monoisotopic (exact) mass is 356 g/mol. The lowest BCUT2D eigenvalue weighted by atomic mass is 10.0. The Morgan fingerprint density at radius 1 is 1.20 bits per heavy atom. The molecule has 1 atom stereocenters. The Labute approximate surface area is 150 Å². The van der Waals surface area contributed by atoms with Gasteiger partial charge in [-0.15, -0.1) is 11.3 Å². The van der Waals surface area contributed by atoms with Gasteiger partial charge in [0, 0.05) is 35.8 Å². The number of thiazole rings is 1. The van der Waals surface area contributed by atoms with Crippen molar-refractivity contribution >= 4 is 16.5 Å². The summed E-state index contributed by atoms with van der Waals surface area (Å²) < 4.78 is 15.1. The number of hydrogen-bond acceptors (Lipinski definition) is 4. The summed E-state index contributed by atoms with van der Waals surface area (Å²) in [6.45, 7) is 5.23. The van der Waals surface area contributed by atoms with Crippen molar-refractivity contribution in [2.45, 2.75) is 32.7 Å². The minimum Gasteiger partial charge on any atom is -0.341 e. The van der Waals surface area contributed by atoms with Gasteiger partial charge in [-0.1, -0.05) is 0 Å². The van der Waals surface area contributed by atoms with Crippen LogP contribution in [0.5, 0.6) is 0 Å². The van der Waals surface area contributed by atoms with Gasteiger partial charge in [0.15, 0.2) is 5.13 Å². The van der Waals surface area contributed by atoms with Crippen molar-refractivity contribution < 1.29 is 4.39 Å².